The standard InChI is InChI=1S/C11H7NO2/c12-6-5-8-7-11(13)14-10-4-2-1-3-9(8)10/h1-4,7H,5H2. The van der Waals surface area contributed by atoms with Crippen molar-refractivity contribution in [3.63, 3.8) is 0 Å². The highest BCUT2D eigenvalue weighted by molar-refractivity contribution is 5.80. The van der Waals surface area contributed by atoms with Gasteiger partial charge in [0.05, 0.1) is 12.5 Å². The molecular formula is C11H7NO2. The molecule has 2 aromatic rings. The minimum Gasteiger partial charge on any atom is -0.423 e. The third kappa shape index (κ3) is 1.38. The van der Waals surface area contributed by atoms with E-state index in [1.807, 2.05) is 18.2 Å². The zero-order valence-corrected chi connectivity index (χ0v) is 7.36. The lowest BCUT2D eigenvalue weighted by Gasteiger charge is -1.99. The Balaban J connectivity index is 2.81. The Morgan fingerprint density at radius 1 is 1.36 bits per heavy atom. The lowest BCUT2D eigenvalue weighted by molar-refractivity contribution is 0.559. The van der Waals surface area contributed by atoms with Gasteiger partial charge in [0, 0.05) is 11.5 Å². The largest absolute Gasteiger partial charge is 0.423 e. The molecule has 0 saturated carbocycles. The first-order chi connectivity index (χ1) is 6.81. The van der Waals surface area contributed by atoms with Gasteiger partial charge < -0.3 is 4.42 Å². The molecule has 1 aromatic heterocycles. The van der Waals surface area contributed by atoms with Gasteiger partial charge >= 0.3 is 5.63 Å². The van der Waals surface area contributed by atoms with Crippen LogP contribution in [0.1, 0.15) is 5.56 Å². The van der Waals surface area contributed by atoms with Gasteiger partial charge in [0.15, 0.2) is 0 Å². The van der Waals surface area contributed by atoms with E-state index in [9.17, 15) is 4.79 Å². The second-order valence-corrected chi connectivity index (χ2v) is 2.92. The lowest BCUT2D eigenvalue weighted by Crippen LogP contribution is -1.99. The van der Waals surface area contributed by atoms with E-state index < -0.39 is 5.63 Å². The Hall–Kier alpha value is -2.08. The summed E-state index contributed by atoms with van der Waals surface area (Å²) in [5.74, 6) is 0. The number of nitrogens with zero attached hydrogens (tertiary/aromatic N) is 1. The maximum atomic E-state index is 11.1. The molecular weight excluding hydrogens is 178 g/mol. The average Bonchev–Trinajstić information content (AvgIpc) is 2.18. The van der Waals surface area contributed by atoms with Crippen LogP contribution in [0.2, 0.25) is 0 Å². The highest BCUT2D eigenvalue weighted by Gasteiger charge is 2.03. The van der Waals surface area contributed by atoms with Gasteiger partial charge in [-0.2, -0.15) is 5.26 Å². The number of rotatable bonds is 1. The maximum absolute atomic E-state index is 11.1. The van der Waals surface area contributed by atoms with Crippen LogP contribution in [-0.2, 0) is 6.42 Å². The van der Waals surface area contributed by atoms with Crippen molar-refractivity contribution in [1.29, 1.82) is 5.26 Å². The second kappa shape index (κ2) is 3.35. The lowest BCUT2D eigenvalue weighted by atomic mass is 10.1. The first-order valence-corrected chi connectivity index (χ1v) is 4.20. The molecule has 0 unspecified atom stereocenters. The van der Waals surface area contributed by atoms with E-state index in [1.54, 1.807) is 12.1 Å². The van der Waals surface area contributed by atoms with E-state index in [1.165, 1.54) is 6.07 Å². The molecule has 0 aliphatic heterocycles. The van der Waals surface area contributed by atoms with Crippen LogP contribution < -0.4 is 5.63 Å². The number of para-hydroxylation sites is 1. The van der Waals surface area contributed by atoms with Gasteiger partial charge in [0.25, 0.3) is 0 Å². The molecule has 1 aromatic carbocycles. The highest BCUT2D eigenvalue weighted by Crippen LogP contribution is 2.16. The number of nitriles is 1. The molecule has 3 nitrogen and oxygen atoms in total. The summed E-state index contributed by atoms with van der Waals surface area (Å²) < 4.78 is 4.98. The third-order valence-corrected chi connectivity index (χ3v) is 2.01. The van der Waals surface area contributed by atoms with Gasteiger partial charge in [-0.05, 0) is 11.6 Å². The van der Waals surface area contributed by atoms with Crippen molar-refractivity contribution in [3.05, 3.63) is 46.3 Å². The van der Waals surface area contributed by atoms with Gasteiger partial charge in [0.1, 0.15) is 5.58 Å². The molecule has 14 heavy (non-hydrogen) atoms. The quantitative estimate of drug-likeness (QED) is 0.637. The van der Waals surface area contributed by atoms with Crippen LogP contribution in [-0.4, -0.2) is 0 Å². The molecule has 0 amide bonds. The monoisotopic (exact) mass is 185 g/mol. The van der Waals surface area contributed by atoms with Crippen molar-refractivity contribution in [2.75, 3.05) is 0 Å². The molecule has 0 aliphatic rings. The van der Waals surface area contributed by atoms with Crippen LogP contribution in [0.5, 0.6) is 0 Å². The van der Waals surface area contributed by atoms with Gasteiger partial charge in [-0.3, -0.25) is 0 Å². The summed E-state index contributed by atoms with van der Waals surface area (Å²) >= 11 is 0. The molecule has 0 radical (unpaired) electrons. The van der Waals surface area contributed by atoms with Crippen molar-refractivity contribution in [2.24, 2.45) is 0 Å². The minimum absolute atomic E-state index is 0.228. The minimum atomic E-state index is -0.408. The first-order valence-electron chi connectivity index (χ1n) is 4.20. The molecule has 1 heterocycles. The summed E-state index contributed by atoms with van der Waals surface area (Å²) in [6, 6.07) is 10.6. The van der Waals surface area contributed by atoms with Crippen LogP contribution in [0.4, 0.5) is 0 Å². The second-order valence-electron chi connectivity index (χ2n) is 2.92. The zero-order valence-electron chi connectivity index (χ0n) is 7.36. The molecule has 0 N–H and O–H groups in total. The van der Waals surface area contributed by atoms with E-state index in [0.717, 1.165) is 10.9 Å². The molecule has 0 atom stereocenters. The molecule has 0 bridgehead atoms. The number of fused-ring (bicyclic) bond motifs is 1. The smallest absolute Gasteiger partial charge is 0.336 e. The molecule has 0 fully saturated rings. The average molecular weight is 185 g/mol. The Labute approximate surface area is 80.2 Å². The molecule has 0 saturated heterocycles. The van der Waals surface area contributed by atoms with E-state index in [4.69, 9.17) is 9.68 Å². The summed E-state index contributed by atoms with van der Waals surface area (Å²) in [4.78, 5) is 11.1. The van der Waals surface area contributed by atoms with E-state index in [-0.39, 0.29) is 6.42 Å². The van der Waals surface area contributed by atoms with Crippen LogP contribution in [0.15, 0.2) is 39.5 Å². The Bertz CT molecular complexity index is 563. The fourth-order valence-electron chi connectivity index (χ4n) is 1.41. The fourth-order valence-corrected chi connectivity index (χ4v) is 1.41. The van der Waals surface area contributed by atoms with Crippen LogP contribution >= 0.6 is 0 Å². The van der Waals surface area contributed by atoms with Gasteiger partial charge in [-0.25, -0.2) is 4.79 Å². The SMILES string of the molecule is N#CCc1cc(=O)oc2ccccc12. The molecule has 0 aliphatic carbocycles. The van der Waals surface area contributed by atoms with Gasteiger partial charge in [-0.1, -0.05) is 18.2 Å². The summed E-state index contributed by atoms with van der Waals surface area (Å²) in [5.41, 5.74) is 0.846. The predicted molar refractivity (Wildman–Crippen MR) is 51.8 cm³/mol. The van der Waals surface area contributed by atoms with Crippen molar-refractivity contribution < 1.29 is 4.42 Å². The first kappa shape index (κ1) is 8.52. The van der Waals surface area contributed by atoms with Gasteiger partial charge in [-0.15, -0.1) is 0 Å². The maximum Gasteiger partial charge on any atom is 0.336 e. The van der Waals surface area contributed by atoms with E-state index in [0.29, 0.717) is 5.58 Å². The van der Waals surface area contributed by atoms with Crippen molar-refractivity contribution in [1.82, 2.24) is 0 Å². The topological polar surface area (TPSA) is 54.0 Å². The highest BCUT2D eigenvalue weighted by atomic mass is 16.4. The number of hydrogen-bond donors (Lipinski definition) is 0. The Morgan fingerprint density at radius 2 is 2.14 bits per heavy atom. The summed E-state index contributed by atoms with van der Waals surface area (Å²) in [6.45, 7) is 0. The normalized spacial score (nSPS) is 9.93. The summed E-state index contributed by atoms with van der Waals surface area (Å²) in [6.07, 6.45) is 0.228. The molecule has 68 valence electrons. The zero-order chi connectivity index (χ0) is 9.97. The van der Waals surface area contributed by atoms with Gasteiger partial charge in [0.2, 0.25) is 0 Å². The van der Waals surface area contributed by atoms with E-state index in [2.05, 4.69) is 0 Å². The third-order valence-electron chi connectivity index (χ3n) is 2.01. The van der Waals surface area contributed by atoms with Crippen molar-refractivity contribution in [3.8, 4) is 6.07 Å². The molecule has 0 spiro atoms. The molecule has 2 rings (SSSR count). The van der Waals surface area contributed by atoms with Crippen LogP contribution in [0.25, 0.3) is 11.0 Å². The molecule has 3 heteroatoms. The number of benzene rings is 1. The van der Waals surface area contributed by atoms with Crippen LogP contribution in [0, 0.1) is 11.3 Å². The fraction of sp³-hybridized carbons (Fsp3) is 0.0909. The van der Waals surface area contributed by atoms with Crippen molar-refractivity contribution >= 4 is 11.0 Å². The summed E-state index contributed by atoms with van der Waals surface area (Å²) in [5, 5.41) is 9.41. The van der Waals surface area contributed by atoms with Crippen LogP contribution in [0.3, 0.4) is 0 Å². The summed E-state index contributed by atoms with van der Waals surface area (Å²) in [7, 11) is 0. The van der Waals surface area contributed by atoms with Crippen molar-refractivity contribution in [2.45, 2.75) is 6.42 Å². The Morgan fingerprint density at radius 3 is 2.93 bits per heavy atom. The Kier molecular flexibility index (Phi) is 2.04. The predicted octanol–water partition coefficient (Wildman–Crippen LogP) is 1.86. The number of hydrogen-bond acceptors (Lipinski definition) is 3. The van der Waals surface area contributed by atoms with E-state index >= 15 is 0 Å².